The maximum Gasteiger partial charge on any atom is 0.232 e. The van der Waals surface area contributed by atoms with Crippen molar-refractivity contribution < 1.29 is 9.13 Å². The van der Waals surface area contributed by atoms with Gasteiger partial charge in [0.15, 0.2) is 5.16 Å². The lowest BCUT2D eigenvalue weighted by Crippen LogP contribution is -2.37. The zero-order valence-electron chi connectivity index (χ0n) is 16.4. The Balaban J connectivity index is 1.50. The molecular weight excluding hydrogens is 399 g/mol. The molecule has 0 saturated carbocycles. The number of thioether (sulfide) groups is 1. The number of anilines is 1. The van der Waals surface area contributed by atoms with E-state index in [0.717, 1.165) is 35.6 Å². The minimum absolute atomic E-state index is 0.279. The first kappa shape index (κ1) is 19.1. The van der Waals surface area contributed by atoms with Crippen molar-refractivity contribution in [2.45, 2.75) is 10.9 Å². The number of aromatic nitrogens is 3. The lowest BCUT2D eigenvalue weighted by atomic mass is 10.1. The second-order valence-electron chi connectivity index (χ2n) is 7.12. The molecule has 1 fully saturated rings. The van der Waals surface area contributed by atoms with Gasteiger partial charge >= 0.3 is 0 Å². The zero-order chi connectivity index (χ0) is 20.3. The molecule has 1 aliphatic rings. The summed E-state index contributed by atoms with van der Waals surface area (Å²) in [6.45, 7) is 2.77. The fraction of sp³-hybridized carbons (Fsp3) is 0.217. The Hall–Kier alpha value is -2.90. The van der Waals surface area contributed by atoms with Gasteiger partial charge in [-0.1, -0.05) is 60.3 Å². The SMILES string of the molecule is Fc1cccc(-n2c(SCc3cccc4ccccc34)nnc2N2CCOCC2)c1. The fourth-order valence-corrected chi connectivity index (χ4v) is 4.68. The van der Waals surface area contributed by atoms with Crippen molar-refractivity contribution in [3.05, 3.63) is 78.1 Å². The van der Waals surface area contributed by atoms with Gasteiger partial charge in [-0.15, -0.1) is 10.2 Å². The number of hydrogen-bond donors (Lipinski definition) is 0. The van der Waals surface area contributed by atoms with Gasteiger partial charge in [-0.25, -0.2) is 4.39 Å². The Bertz CT molecular complexity index is 1170. The van der Waals surface area contributed by atoms with Crippen LogP contribution in [0.2, 0.25) is 0 Å². The molecule has 1 aliphatic heterocycles. The van der Waals surface area contributed by atoms with Crippen molar-refractivity contribution in [2.24, 2.45) is 0 Å². The third-order valence-electron chi connectivity index (χ3n) is 5.21. The number of ether oxygens (including phenoxy) is 1. The van der Waals surface area contributed by atoms with Gasteiger partial charge < -0.3 is 9.64 Å². The molecule has 1 saturated heterocycles. The maximum absolute atomic E-state index is 14.0. The van der Waals surface area contributed by atoms with E-state index in [1.54, 1.807) is 17.8 Å². The van der Waals surface area contributed by atoms with Gasteiger partial charge in [0.05, 0.1) is 18.9 Å². The first-order chi connectivity index (χ1) is 14.8. The molecule has 3 aromatic carbocycles. The van der Waals surface area contributed by atoms with Gasteiger partial charge in [0.2, 0.25) is 5.95 Å². The normalized spacial score (nSPS) is 14.4. The second kappa shape index (κ2) is 8.45. The number of nitrogens with zero attached hydrogens (tertiary/aromatic N) is 4. The molecule has 5 nitrogen and oxygen atoms in total. The van der Waals surface area contributed by atoms with Crippen LogP contribution in [-0.4, -0.2) is 41.1 Å². The number of fused-ring (bicyclic) bond motifs is 1. The highest BCUT2D eigenvalue weighted by Crippen LogP contribution is 2.31. The molecule has 30 heavy (non-hydrogen) atoms. The lowest BCUT2D eigenvalue weighted by molar-refractivity contribution is 0.122. The number of morpholine rings is 1. The van der Waals surface area contributed by atoms with Crippen molar-refractivity contribution in [3.8, 4) is 5.69 Å². The van der Waals surface area contributed by atoms with Crippen molar-refractivity contribution in [1.29, 1.82) is 0 Å². The van der Waals surface area contributed by atoms with Crippen molar-refractivity contribution >= 4 is 28.5 Å². The van der Waals surface area contributed by atoms with Crippen LogP contribution in [-0.2, 0) is 10.5 Å². The summed E-state index contributed by atoms with van der Waals surface area (Å²) in [6.07, 6.45) is 0. The molecule has 1 aromatic heterocycles. The first-order valence-electron chi connectivity index (χ1n) is 9.93. The maximum atomic E-state index is 14.0. The molecule has 0 radical (unpaired) electrons. The predicted molar refractivity (Wildman–Crippen MR) is 118 cm³/mol. The predicted octanol–water partition coefficient (Wildman–Crippen LogP) is 4.69. The Morgan fingerprint density at radius 2 is 1.73 bits per heavy atom. The van der Waals surface area contributed by atoms with E-state index < -0.39 is 0 Å². The van der Waals surface area contributed by atoms with E-state index in [4.69, 9.17) is 4.74 Å². The highest BCUT2D eigenvalue weighted by atomic mass is 32.2. The van der Waals surface area contributed by atoms with Gasteiger partial charge in [0, 0.05) is 18.8 Å². The van der Waals surface area contributed by atoms with E-state index in [0.29, 0.717) is 13.2 Å². The molecular formula is C23H21FN4OS. The van der Waals surface area contributed by atoms with Crippen LogP contribution >= 0.6 is 11.8 Å². The van der Waals surface area contributed by atoms with Gasteiger partial charge in [0.25, 0.3) is 0 Å². The molecule has 7 heteroatoms. The van der Waals surface area contributed by atoms with Gasteiger partial charge in [-0.05, 0) is 34.5 Å². The number of hydrogen-bond acceptors (Lipinski definition) is 5. The Labute approximate surface area is 178 Å². The van der Waals surface area contributed by atoms with E-state index in [2.05, 4.69) is 57.6 Å². The quantitative estimate of drug-likeness (QED) is 0.438. The summed E-state index contributed by atoms with van der Waals surface area (Å²) in [7, 11) is 0. The summed E-state index contributed by atoms with van der Waals surface area (Å²) in [5.74, 6) is 1.20. The third kappa shape index (κ3) is 3.78. The molecule has 5 rings (SSSR count). The average molecular weight is 421 g/mol. The Kier molecular flexibility index (Phi) is 5.38. The number of halogens is 1. The van der Waals surface area contributed by atoms with Crippen LogP contribution in [0.1, 0.15) is 5.56 Å². The molecule has 0 unspecified atom stereocenters. The molecule has 0 atom stereocenters. The largest absolute Gasteiger partial charge is 0.378 e. The standard InChI is InChI=1S/C23H21FN4OS/c24-19-8-4-9-20(15-19)28-22(27-11-13-29-14-12-27)25-26-23(28)30-16-18-7-3-6-17-5-1-2-10-21(17)18/h1-10,15H,11-14,16H2. The summed E-state index contributed by atoms with van der Waals surface area (Å²) in [6, 6.07) is 21.3. The highest BCUT2D eigenvalue weighted by Gasteiger charge is 2.22. The topological polar surface area (TPSA) is 43.2 Å². The average Bonchev–Trinajstić information content (AvgIpc) is 3.22. The van der Waals surface area contributed by atoms with E-state index in [1.165, 1.54) is 28.5 Å². The number of benzene rings is 3. The molecule has 2 heterocycles. The van der Waals surface area contributed by atoms with Gasteiger partial charge in [-0.3, -0.25) is 4.57 Å². The molecule has 0 aliphatic carbocycles. The van der Waals surface area contributed by atoms with E-state index >= 15 is 0 Å². The van der Waals surface area contributed by atoms with Crippen LogP contribution in [0, 0.1) is 5.82 Å². The lowest BCUT2D eigenvalue weighted by Gasteiger charge is -2.27. The van der Waals surface area contributed by atoms with Crippen LogP contribution in [0.15, 0.2) is 71.9 Å². The third-order valence-corrected chi connectivity index (χ3v) is 6.19. The van der Waals surface area contributed by atoms with E-state index in [1.807, 2.05) is 10.6 Å². The minimum Gasteiger partial charge on any atom is -0.378 e. The first-order valence-corrected chi connectivity index (χ1v) is 10.9. The molecule has 0 spiro atoms. The highest BCUT2D eigenvalue weighted by molar-refractivity contribution is 7.98. The van der Waals surface area contributed by atoms with Crippen molar-refractivity contribution in [3.63, 3.8) is 0 Å². The molecule has 4 aromatic rings. The Morgan fingerprint density at radius 1 is 0.933 bits per heavy atom. The molecule has 0 bridgehead atoms. The summed E-state index contributed by atoms with van der Waals surface area (Å²) in [4.78, 5) is 2.14. The molecule has 152 valence electrons. The van der Waals surface area contributed by atoms with Crippen LogP contribution in [0.5, 0.6) is 0 Å². The van der Waals surface area contributed by atoms with Crippen molar-refractivity contribution in [2.75, 3.05) is 31.2 Å². The van der Waals surface area contributed by atoms with Crippen LogP contribution in [0.3, 0.4) is 0 Å². The van der Waals surface area contributed by atoms with Crippen LogP contribution in [0.25, 0.3) is 16.5 Å². The van der Waals surface area contributed by atoms with Gasteiger partial charge in [-0.2, -0.15) is 0 Å². The monoisotopic (exact) mass is 420 g/mol. The second-order valence-corrected chi connectivity index (χ2v) is 8.07. The summed E-state index contributed by atoms with van der Waals surface area (Å²) < 4.78 is 21.4. The minimum atomic E-state index is -0.279. The summed E-state index contributed by atoms with van der Waals surface area (Å²) >= 11 is 1.61. The van der Waals surface area contributed by atoms with Gasteiger partial charge in [0.1, 0.15) is 5.82 Å². The Morgan fingerprint density at radius 3 is 2.60 bits per heavy atom. The molecule has 0 amide bonds. The van der Waals surface area contributed by atoms with Crippen LogP contribution in [0.4, 0.5) is 10.3 Å². The molecule has 0 N–H and O–H groups in total. The van der Waals surface area contributed by atoms with E-state index in [9.17, 15) is 4.39 Å². The van der Waals surface area contributed by atoms with Crippen LogP contribution < -0.4 is 4.90 Å². The summed E-state index contributed by atoms with van der Waals surface area (Å²) in [5.41, 5.74) is 1.96. The summed E-state index contributed by atoms with van der Waals surface area (Å²) in [5, 5.41) is 12.1. The zero-order valence-corrected chi connectivity index (χ0v) is 17.2. The van der Waals surface area contributed by atoms with Crippen molar-refractivity contribution in [1.82, 2.24) is 14.8 Å². The smallest absolute Gasteiger partial charge is 0.232 e. The fourth-order valence-electron chi connectivity index (χ4n) is 3.73. The number of rotatable bonds is 5. The van der Waals surface area contributed by atoms with E-state index in [-0.39, 0.29) is 5.82 Å².